The molecule has 4 fully saturated rings. The Hall–Kier alpha value is -3.72. The number of aliphatic carboxylic acids is 1. The summed E-state index contributed by atoms with van der Waals surface area (Å²) in [5.41, 5.74) is 4.54. The predicted octanol–water partition coefficient (Wildman–Crippen LogP) is 14.6. The maximum atomic E-state index is 14.0. The van der Waals surface area contributed by atoms with E-state index in [1.54, 1.807) is 19.4 Å². The number of allylic oxidation sites excluding steroid dienone is 2. The van der Waals surface area contributed by atoms with Gasteiger partial charge in [-0.05, 0) is 161 Å². The fraction of sp³-hybridized carbons (Fsp3) is 0.679. The second-order valence-corrected chi connectivity index (χ2v) is 20.3. The number of Topliss-reactive ketones (excluding diaryl/α,β-unsaturated/α-hetero) is 1. The number of hydrogen-bond donors (Lipinski definition) is 2. The molecule has 0 amide bonds. The molecule has 0 radical (unpaired) electrons. The van der Waals surface area contributed by atoms with Gasteiger partial charge >= 0.3 is 11.9 Å². The van der Waals surface area contributed by atoms with Crippen molar-refractivity contribution >= 4 is 24.4 Å². The smallest absolute Gasteiger partial charge is 0.309 e. The Kier molecular flexibility index (Phi) is 21.1. The van der Waals surface area contributed by atoms with Crippen LogP contribution >= 0.6 is 0 Å². The molecule has 0 aliphatic heterocycles. The SMILES string of the molecule is C#C.C=C.C=C.C=N.CC.CCC1(C)C(OC(=O)CC(C)(C)C(=O)O)CCC2(C)C3CCC4C5=C(C(C)C)C(=O)CC5(CCCCc5ccc(C)cc5)CCC4C3(C)CC[C@@]12C. The van der Waals surface area contributed by atoms with Gasteiger partial charge in [0.15, 0.2) is 5.78 Å². The van der Waals surface area contributed by atoms with Gasteiger partial charge in [-0.25, -0.2) is 0 Å². The van der Waals surface area contributed by atoms with Gasteiger partial charge in [0.2, 0.25) is 0 Å². The molecule has 6 nitrogen and oxygen atoms in total. The molecule has 0 bridgehead atoms. The minimum Gasteiger partial charge on any atom is -0.481 e. The van der Waals surface area contributed by atoms with Crippen LogP contribution in [0.5, 0.6) is 0 Å². The van der Waals surface area contributed by atoms with Crippen molar-refractivity contribution in [3.05, 3.63) is 72.9 Å². The van der Waals surface area contributed by atoms with E-state index in [4.69, 9.17) is 10.1 Å². The summed E-state index contributed by atoms with van der Waals surface area (Å²) in [5, 5.41) is 15.2. The van der Waals surface area contributed by atoms with E-state index in [-0.39, 0.29) is 51.5 Å². The topological polar surface area (TPSA) is 105 Å². The Labute approximate surface area is 380 Å². The van der Waals surface area contributed by atoms with Crippen LogP contribution in [0.2, 0.25) is 0 Å². The van der Waals surface area contributed by atoms with Crippen molar-refractivity contribution in [3.63, 3.8) is 0 Å². The molecule has 5 aliphatic carbocycles. The summed E-state index contributed by atoms with van der Waals surface area (Å²) in [4.78, 5) is 39.1. The lowest BCUT2D eigenvalue weighted by atomic mass is 9.32. The molecule has 1 aromatic rings. The highest BCUT2D eigenvalue weighted by Crippen LogP contribution is 2.77. The first-order chi connectivity index (χ1) is 29.3. The highest BCUT2D eigenvalue weighted by atomic mass is 16.5. The third-order valence-corrected chi connectivity index (χ3v) is 17.2. The van der Waals surface area contributed by atoms with Crippen LogP contribution in [0.3, 0.4) is 0 Å². The number of aryl methyl sites for hydroxylation is 2. The van der Waals surface area contributed by atoms with E-state index < -0.39 is 11.4 Å². The molecule has 6 heteroatoms. The van der Waals surface area contributed by atoms with Crippen molar-refractivity contribution in [1.29, 1.82) is 5.41 Å². The molecule has 8 unspecified atom stereocenters. The molecule has 0 heterocycles. The molecule has 348 valence electrons. The normalized spacial score (nSPS) is 32.8. The van der Waals surface area contributed by atoms with Crippen LogP contribution in [0, 0.1) is 81.3 Å². The first-order valence-electron chi connectivity index (χ1n) is 23.7. The molecule has 4 saturated carbocycles. The second-order valence-electron chi connectivity index (χ2n) is 20.3. The molecule has 0 spiro atoms. The van der Waals surface area contributed by atoms with Gasteiger partial charge in [0.25, 0.3) is 0 Å². The van der Waals surface area contributed by atoms with Crippen LogP contribution in [0.4, 0.5) is 0 Å². The van der Waals surface area contributed by atoms with Gasteiger partial charge in [-0.3, -0.25) is 14.4 Å². The van der Waals surface area contributed by atoms with Crippen LogP contribution in [0.25, 0.3) is 0 Å². The zero-order valence-electron chi connectivity index (χ0n) is 41.6. The zero-order chi connectivity index (χ0) is 48.1. The van der Waals surface area contributed by atoms with Crippen LogP contribution < -0.4 is 0 Å². The summed E-state index contributed by atoms with van der Waals surface area (Å²) in [6, 6.07) is 9.00. The van der Waals surface area contributed by atoms with E-state index in [1.807, 2.05) is 13.8 Å². The van der Waals surface area contributed by atoms with E-state index in [0.717, 1.165) is 51.4 Å². The molecule has 9 atom stereocenters. The monoisotopic (exact) mass is 856 g/mol. The lowest BCUT2D eigenvalue weighted by Gasteiger charge is -2.73. The Morgan fingerprint density at radius 1 is 0.903 bits per heavy atom. The maximum absolute atomic E-state index is 14.0. The molecular formula is C56H89NO5. The number of rotatable bonds is 11. The molecule has 6 rings (SSSR count). The number of carbonyl (C=O) groups is 3. The van der Waals surface area contributed by atoms with Crippen molar-refractivity contribution in [3.8, 4) is 12.8 Å². The summed E-state index contributed by atoms with van der Waals surface area (Å²) < 4.78 is 6.32. The van der Waals surface area contributed by atoms with Crippen molar-refractivity contribution in [2.75, 3.05) is 0 Å². The molecule has 62 heavy (non-hydrogen) atoms. The number of ketones is 1. The number of carboxylic acid groups (broad SMARTS) is 1. The number of ether oxygens (including phenoxy) is 1. The maximum Gasteiger partial charge on any atom is 0.309 e. The molecular weight excluding hydrogens is 767 g/mol. The number of terminal acetylenes is 1. The standard InChI is InChI=1S/C47H70O5.C2H6.2C2H4.C2H2.CH3N/c1-11-44(8)37(52-38(49)29-42(5,6)41(50)51)22-24-45(9)36-20-19-33-34(43(36,7)26-27-46(44,45)10)21-25-47(28-35(48)39(30(2)3)40(33)47)23-13-12-14-32-17-15-31(4)16-18-32;5*1-2/h15-18,30,33-34,36-37H,11-14,19-29H2,1-10H3,(H,50,51);1-2H3;2*1-2H2;1-2H;2H,1H2/t33?,34?,36?,37?,43?,44?,45?,46-,47?;;;;;/m0...../s1. The van der Waals surface area contributed by atoms with Crippen LogP contribution in [0.15, 0.2) is 61.7 Å². The van der Waals surface area contributed by atoms with Crippen molar-refractivity contribution in [1.82, 2.24) is 0 Å². The Bertz CT molecular complexity index is 1680. The number of nitrogens with one attached hydrogen (secondary N) is 1. The van der Waals surface area contributed by atoms with Gasteiger partial charge in [0.1, 0.15) is 6.10 Å². The summed E-state index contributed by atoms with van der Waals surface area (Å²) in [5.74, 6) is 1.06. The number of fused-ring (bicyclic) bond motifs is 7. The van der Waals surface area contributed by atoms with Gasteiger partial charge in [-0.2, -0.15) is 0 Å². The minimum absolute atomic E-state index is 0.0150. The van der Waals surface area contributed by atoms with E-state index in [1.165, 1.54) is 55.2 Å². The van der Waals surface area contributed by atoms with Crippen molar-refractivity contribution < 1.29 is 24.2 Å². The average molecular weight is 856 g/mol. The Balaban J connectivity index is 0.00000179. The molecule has 0 aromatic heterocycles. The summed E-state index contributed by atoms with van der Waals surface area (Å²) >= 11 is 0. The third kappa shape index (κ3) is 10.3. The van der Waals surface area contributed by atoms with Gasteiger partial charge in [0.05, 0.1) is 11.8 Å². The van der Waals surface area contributed by atoms with E-state index in [0.29, 0.717) is 23.5 Å². The number of benzene rings is 1. The van der Waals surface area contributed by atoms with E-state index in [9.17, 15) is 19.5 Å². The summed E-state index contributed by atoms with van der Waals surface area (Å²) in [6.07, 6.45) is 22.9. The number of unbranched alkanes of at least 4 members (excludes halogenated alkanes) is 1. The average Bonchev–Trinajstić information content (AvgIpc) is 3.58. The van der Waals surface area contributed by atoms with Gasteiger partial charge < -0.3 is 15.3 Å². The minimum atomic E-state index is -1.15. The summed E-state index contributed by atoms with van der Waals surface area (Å²) in [6.45, 7) is 40.8. The number of hydrogen-bond acceptors (Lipinski definition) is 5. The fourth-order valence-corrected chi connectivity index (χ4v) is 13.7. The number of carboxylic acids is 1. The zero-order valence-corrected chi connectivity index (χ0v) is 41.6. The first-order valence-corrected chi connectivity index (χ1v) is 23.7. The van der Waals surface area contributed by atoms with Crippen molar-refractivity contribution in [2.24, 2.45) is 56.2 Å². The van der Waals surface area contributed by atoms with Gasteiger partial charge in [0, 0.05) is 11.8 Å². The first kappa shape index (κ1) is 56.3. The lowest BCUT2D eigenvalue weighted by Crippen LogP contribution is -2.68. The highest BCUT2D eigenvalue weighted by molar-refractivity contribution is 6.00. The van der Waals surface area contributed by atoms with Gasteiger partial charge in [-0.15, -0.1) is 39.2 Å². The third-order valence-electron chi connectivity index (χ3n) is 17.2. The predicted molar refractivity (Wildman–Crippen MR) is 262 cm³/mol. The molecule has 1 aromatic carbocycles. The Morgan fingerprint density at radius 2 is 1.48 bits per heavy atom. The lowest BCUT2D eigenvalue weighted by molar-refractivity contribution is -0.261. The van der Waals surface area contributed by atoms with E-state index >= 15 is 0 Å². The number of carbonyl (C=O) groups excluding carboxylic acids is 2. The second kappa shape index (κ2) is 23.3. The van der Waals surface area contributed by atoms with Crippen molar-refractivity contribution in [2.45, 2.75) is 186 Å². The Morgan fingerprint density at radius 3 is 2.02 bits per heavy atom. The van der Waals surface area contributed by atoms with E-state index in [2.05, 4.69) is 126 Å². The largest absolute Gasteiger partial charge is 0.481 e. The van der Waals surface area contributed by atoms with Gasteiger partial charge in [-0.1, -0.05) is 104 Å². The fourth-order valence-electron chi connectivity index (χ4n) is 13.7. The number of esters is 1. The molecule has 5 aliphatic rings. The molecule has 2 N–H and O–H groups in total. The van der Waals surface area contributed by atoms with Crippen LogP contribution in [0.1, 0.15) is 177 Å². The highest BCUT2D eigenvalue weighted by Gasteiger charge is 2.71. The summed E-state index contributed by atoms with van der Waals surface area (Å²) in [7, 11) is 0. The molecule has 0 saturated heterocycles. The van der Waals surface area contributed by atoms with Crippen LogP contribution in [-0.2, 0) is 25.5 Å². The van der Waals surface area contributed by atoms with Crippen LogP contribution in [-0.4, -0.2) is 35.6 Å². The quantitative estimate of drug-likeness (QED) is 0.0758.